The van der Waals surface area contributed by atoms with E-state index in [1.165, 1.54) is 56.8 Å². The van der Waals surface area contributed by atoms with Crippen molar-refractivity contribution in [2.45, 2.75) is 172 Å². The fourth-order valence-electron chi connectivity index (χ4n) is 7.24. The number of rotatable bonds is 31. The molecule has 0 aromatic heterocycles. The Hall–Kier alpha value is -4.73. The lowest BCUT2D eigenvalue weighted by Gasteiger charge is -2.30. The summed E-state index contributed by atoms with van der Waals surface area (Å²) in [6.07, 6.45) is 16.0. The molecular weight excluding hydrogens is 755 g/mol. The highest BCUT2D eigenvalue weighted by atomic mass is 16.4. The van der Waals surface area contributed by atoms with Gasteiger partial charge < -0.3 is 48.5 Å². The number of aliphatic imine (C=N–C) groups is 1. The first-order valence-electron chi connectivity index (χ1n) is 21.9. The molecule has 1 fully saturated rings. The number of hydrogen-bond acceptors (Lipinski definition) is 8. The Balaban J connectivity index is 2.02. The number of hydrogen-bond donors (Lipinski definition) is 8. The second kappa shape index (κ2) is 29.5. The van der Waals surface area contributed by atoms with Crippen LogP contribution in [0.4, 0.5) is 0 Å². The van der Waals surface area contributed by atoms with Crippen molar-refractivity contribution >= 4 is 41.5 Å². The van der Waals surface area contributed by atoms with Gasteiger partial charge >= 0.3 is 5.97 Å². The van der Waals surface area contributed by atoms with E-state index in [2.05, 4.69) is 33.2 Å². The molecule has 5 amide bonds. The molecular formula is C43H73N9O7. The molecule has 0 unspecified atom stereocenters. The zero-order valence-electron chi connectivity index (χ0n) is 35.6. The summed E-state index contributed by atoms with van der Waals surface area (Å²) in [5, 5.41) is 20.8. The van der Waals surface area contributed by atoms with Crippen LogP contribution in [0.5, 0.6) is 0 Å². The molecule has 1 aliphatic rings. The number of carbonyl (C=O) groups is 6. The summed E-state index contributed by atoms with van der Waals surface area (Å²) in [7, 11) is 0. The van der Waals surface area contributed by atoms with Crippen molar-refractivity contribution in [3.05, 3.63) is 35.9 Å². The highest BCUT2D eigenvalue weighted by Crippen LogP contribution is 2.21. The number of amides is 5. The van der Waals surface area contributed by atoms with Gasteiger partial charge in [-0.15, -0.1) is 0 Å². The van der Waals surface area contributed by atoms with Gasteiger partial charge in [-0.2, -0.15) is 0 Å². The molecule has 5 atom stereocenters. The Morgan fingerprint density at radius 1 is 0.763 bits per heavy atom. The molecule has 0 radical (unpaired) electrons. The molecule has 1 aromatic rings. The van der Waals surface area contributed by atoms with Gasteiger partial charge in [0.15, 0.2) is 5.96 Å². The highest BCUT2D eigenvalue weighted by molar-refractivity contribution is 5.96. The van der Waals surface area contributed by atoms with Gasteiger partial charge in [0, 0.05) is 25.9 Å². The van der Waals surface area contributed by atoms with Crippen LogP contribution in [-0.2, 0) is 35.2 Å². The summed E-state index contributed by atoms with van der Waals surface area (Å²) in [5.41, 5.74) is 17.4. The number of aliphatic carboxylic acids is 1. The van der Waals surface area contributed by atoms with Crippen molar-refractivity contribution in [1.29, 1.82) is 0 Å². The van der Waals surface area contributed by atoms with Gasteiger partial charge in [0.25, 0.3) is 0 Å². The molecule has 59 heavy (non-hydrogen) atoms. The summed E-state index contributed by atoms with van der Waals surface area (Å²) in [6.45, 7) is 4.55. The maximum Gasteiger partial charge on any atom is 0.326 e. The normalized spacial score (nSPS) is 15.6. The third-order valence-electron chi connectivity index (χ3n) is 10.7. The zero-order chi connectivity index (χ0) is 43.4. The van der Waals surface area contributed by atoms with Crippen molar-refractivity contribution in [2.75, 3.05) is 19.6 Å². The predicted octanol–water partition coefficient (Wildman–Crippen LogP) is 3.15. The first-order chi connectivity index (χ1) is 28.4. The minimum Gasteiger partial charge on any atom is -0.480 e. The summed E-state index contributed by atoms with van der Waals surface area (Å²) >= 11 is 0. The van der Waals surface area contributed by atoms with Crippen LogP contribution >= 0.6 is 0 Å². The maximum absolute atomic E-state index is 14.1. The van der Waals surface area contributed by atoms with E-state index in [1.807, 2.05) is 6.07 Å². The average molecular weight is 828 g/mol. The molecule has 0 bridgehead atoms. The number of carboxylic acid groups (broad SMARTS) is 1. The van der Waals surface area contributed by atoms with Crippen molar-refractivity contribution in [2.24, 2.45) is 22.2 Å². The quantitative estimate of drug-likeness (QED) is 0.0308. The predicted molar refractivity (Wildman–Crippen MR) is 230 cm³/mol. The summed E-state index contributed by atoms with van der Waals surface area (Å²) in [5.74, 6) is -3.84. The molecule has 0 spiro atoms. The minimum atomic E-state index is -1.21. The minimum absolute atomic E-state index is 0.0621. The van der Waals surface area contributed by atoms with Gasteiger partial charge in [-0.3, -0.25) is 29.0 Å². The van der Waals surface area contributed by atoms with Crippen LogP contribution in [0.3, 0.4) is 0 Å². The number of likely N-dealkylation sites (tertiary alicyclic amines) is 1. The second-order valence-corrected chi connectivity index (χ2v) is 15.7. The Labute approximate surface area is 351 Å². The van der Waals surface area contributed by atoms with Crippen LogP contribution in [0.2, 0.25) is 0 Å². The molecule has 1 saturated heterocycles. The summed E-state index contributed by atoms with van der Waals surface area (Å²) < 4.78 is 0. The van der Waals surface area contributed by atoms with E-state index in [0.29, 0.717) is 51.5 Å². The summed E-state index contributed by atoms with van der Waals surface area (Å²) in [6, 6.07) is 3.70. The molecule has 16 heteroatoms. The SMILES string of the molecule is CCCCCCCCCCCCCC(=O)N[C@@H](CCCCN)C(=O)N[C@@H](C)C(=O)N[C@@H](CCCN=C(N)N)C(=O)N1CCC[C@H]1C(=O)N[C@@H](Cc1ccccc1)C(=O)O. The average Bonchev–Trinajstić information content (AvgIpc) is 3.71. The number of benzene rings is 1. The first kappa shape index (κ1) is 50.4. The lowest BCUT2D eigenvalue weighted by Crippen LogP contribution is -2.58. The van der Waals surface area contributed by atoms with E-state index in [0.717, 1.165) is 31.2 Å². The molecule has 332 valence electrons. The Morgan fingerprint density at radius 3 is 2.00 bits per heavy atom. The lowest BCUT2D eigenvalue weighted by atomic mass is 10.0. The van der Waals surface area contributed by atoms with E-state index >= 15 is 0 Å². The van der Waals surface area contributed by atoms with Crippen LogP contribution < -0.4 is 38.5 Å². The Morgan fingerprint density at radius 2 is 1.39 bits per heavy atom. The largest absolute Gasteiger partial charge is 0.480 e. The second-order valence-electron chi connectivity index (χ2n) is 15.7. The molecule has 0 saturated carbocycles. The van der Waals surface area contributed by atoms with Crippen LogP contribution in [-0.4, -0.2) is 101 Å². The Kier molecular flexibility index (Phi) is 25.2. The zero-order valence-corrected chi connectivity index (χ0v) is 35.6. The van der Waals surface area contributed by atoms with Gasteiger partial charge in [-0.05, 0) is 70.4 Å². The smallest absolute Gasteiger partial charge is 0.326 e. The number of nitrogens with one attached hydrogen (secondary N) is 4. The highest BCUT2D eigenvalue weighted by Gasteiger charge is 2.39. The molecule has 0 aliphatic carbocycles. The van der Waals surface area contributed by atoms with Crippen molar-refractivity contribution in [3.63, 3.8) is 0 Å². The van der Waals surface area contributed by atoms with Gasteiger partial charge in [0.1, 0.15) is 30.2 Å². The number of nitrogens with zero attached hydrogens (tertiary/aromatic N) is 2. The molecule has 1 aromatic carbocycles. The maximum atomic E-state index is 14.1. The van der Waals surface area contributed by atoms with E-state index in [4.69, 9.17) is 17.2 Å². The Bertz CT molecular complexity index is 1460. The number of carboxylic acids is 1. The van der Waals surface area contributed by atoms with Gasteiger partial charge in [-0.25, -0.2) is 4.79 Å². The van der Waals surface area contributed by atoms with Gasteiger partial charge in [0.05, 0.1) is 0 Å². The van der Waals surface area contributed by atoms with Crippen LogP contribution in [0.15, 0.2) is 35.3 Å². The van der Waals surface area contributed by atoms with E-state index in [9.17, 15) is 33.9 Å². The fourth-order valence-corrected chi connectivity index (χ4v) is 7.24. The molecule has 1 aliphatic heterocycles. The summed E-state index contributed by atoms with van der Waals surface area (Å²) in [4.78, 5) is 84.9. The molecule has 16 nitrogen and oxygen atoms in total. The standard InChI is InChI=1S/C43H73N9O7/c1-3-4-5-6-7-8-9-10-11-12-16-26-37(53)49-33(23-17-18-27-44)39(55)48-31(2)38(54)50-34(24-19-28-47-43(45)46)41(57)52-29-20-25-36(52)40(56)51-35(42(58)59)30-32-21-14-13-15-22-32/h13-15,21-22,31,33-36H,3-12,16-20,23-30,44H2,1-2H3,(H,48,55)(H,49,53)(H,50,54)(H,51,56)(H,58,59)(H4,45,46,47)/t31-,33-,34-,35-,36-/m0/s1. The molecule has 11 N–H and O–H groups in total. The molecule has 2 rings (SSSR count). The van der Waals surface area contributed by atoms with Crippen molar-refractivity contribution in [1.82, 2.24) is 26.2 Å². The number of guanidine groups is 1. The third kappa shape index (κ3) is 20.7. The van der Waals surface area contributed by atoms with Crippen molar-refractivity contribution in [3.8, 4) is 0 Å². The molecule has 1 heterocycles. The van der Waals surface area contributed by atoms with Crippen molar-refractivity contribution < 1.29 is 33.9 Å². The van der Waals surface area contributed by atoms with E-state index in [1.54, 1.807) is 24.3 Å². The monoisotopic (exact) mass is 828 g/mol. The topological polar surface area (TPSA) is 264 Å². The van der Waals surface area contributed by atoms with Crippen LogP contribution in [0.1, 0.15) is 141 Å². The fraction of sp³-hybridized carbons (Fsp3) is 0.698. The number of nitrogens with two attached hydrogens (primary N) is 3. The van der Waals surface area contributed by atoms with E-state index < -0.39 is 59.8 Å². The first-order valence-corrected chi connectivity index (χ1v) is 21.9. The van der Waals surface area contributed by atoms with Crippen LogP contribution in [0.25, 0.3) is 0 Å². The number of carbonyl (C=O) groups excluding carboxylic acids is 5. The van der Waals surface area contributed by atoms with E-state index in [-0.39, 0.29) is 37.8 Å². The number of unbranched alkanes of at least 4 members (excludes halogenated alkanes) is 11. The third-order valence-corrected chi connectivity index (χ3v) is 10.7. The lowest BCUT2D eigenvalue weighted by molar-refractivity contribution is -0.145. The van der Waals surface area contributed by atoms with Gasteiger partial charge in [0.2, 0.25) is 29.5 Å². The van der Waals surface area contributed by atoms with Crippen LogP contribution in [0, 0.1) is 0 Å². The van der Waals surface area contributed by atoms with Gasteiger partial charge in [-0.1, -0.05) is 101 Å².